The van der Waals surface area contributed by atoms with Crippen LogP contribution in [0.4, 0.5) is 5.82 Å². The van der Waals surface area contributed by atoms with Crippen LogP contribution in [-0.2, 0) is 7.05 Å². The fraction of sp³-hybridized carbons (Fsp3) is 0.286. The van der Waals surface area contributed by atoms with Crippen molar-refractivity contribution < 1.29 is 4.74 Å². The van der Waals surface area contributed by atoms with E-state index in [1.54, 1.807) is 18.5 Å². The number of hydrogen-bond acceptors (Lipinski definition) is 4. The van der Waals surface area contributed by atoms with Crippen LogP contribution in [0.25, 0.3) is 10.9 Å². The summed E-state index contributed by atoms with van der Waals surface area (Å²) in [6.45, 7) is 1.39. The Bertz CT molecular complexity index is 786. The molecular formula is C14H17N5O2. The molecule has 0 saturated heterocycles. The van der Waals surface area contributed by atoms with E-state index >= 15 is 0 Å². The zero-order valence-corrected chi connectivity index (χ0v) is 11.7. The third-order valence-electron chi connectivity index (χ3n) is 3.15. The third kappa shape index (κ3) is 3.07. The lowest BCUT2D eigenvalue weighted by Gasteiger charge is -2.06. The Morgan fingerprint density at radius 2 is 2.29 bits per heavy atom. The topological polar surface area (TPSA) is 87.7 Å². The Hall–Kier alpha value is -2.70. The number of aromatic nitrogens is 4. The van der Waals surface area contributed by atoms with Crippen molar-refractivity contribution in [3.8, 4) is 5.75 Å². The summed E-state index contributed by atoms with van der Waals surface area (Å²) in [4.78, 5) is 15.6. The minimum atomic E-state index is -0.115. The van der Waals surface area contributed by atoms with E-state index in [9.17, 15) is 4.79 Å². The third-order valence-corrected chi connectivity index (χ3v) is 3.15. The second-order valence-electron chi connectivity index (χ2n) is 4.84. The number of aromatic amines is 2. The van der Waals surface area contributed by atoms with Gasteiger partial charge < -0.3 is 14.6 Å². The van der Waals surface area contributed by atoms with Crippen molar-refractivity contribution in [1.82, 2.24) is 19.7 Å². The van der Waals surface area contributed by atoms with Gasteiger partial charge in [-0.25, -0.2) is 4.98 Å². The quantitative estimate of drug-likeness (QED) is 0.599. The molecule has 7 heteroatoms. The molecule has 0 unspecified atom stereocenters. The first-order valence-electron chi connectivity index (χ1n) is 6.77. The number of hydrogen-bond donors (Lipinski definition) is 3. The second-order valence-corrected chi connectivity index (χ2v) is 4.84. The van der Waals surface area contributed by atoms with Crippen molar-refractivity contribution in [2.24, 2.45) is 7.05 Å². The van der Waals surface area contributed by atoms with Crippen LogP contribution < -0.4 is 15.6 Å². The summed E-state index contributed by atoms with van der Waals surface area (Å²) in [5.41, 5.74) is 0.639. The number of nitrogens with one attached hydrogen (secondary N) is 3. The standard InChI is InChI=1S/C14H17N5O2/c1-19-8-13(16-9-19)15-5-2-6-21-10-3-4-11-12(7-10)17-18-14(11)20/h3-4,7-9,15H,2,5-6H2,1H3,(H2,17,18,20). The highest BCUT2D eigenvalue weighted by Crippen LogP contribution is 2.16. The molecule has 0 radical (unpaired) electrons. The van der Waals surface area contributed by atoms with Crippen LogP contribution in [0.1, 0.15) is 6.42 Å². The highest BCUT2D eigenvalue weighted by molar-refractivity contribution is 5.79. The number of nitrogens with zero attached hydrogens (tertiary/aromatic N) is 2. The van der Waals surface area contributed by atoms with Crippen molar-refractivity contribution in [1.29, 1.82) is 0 Å². The molecule has 0 aliphatic rings. The van der Waals surface area contributed by atoms with Gasteiger partial charge in [0.1, 0.15) is 11.6 Å². The zero-order chi connectivity index (χ0) is 14.7. The molecule has 0 saturated carbocycles. The molecule has 3 rings (SSSR count). The molecule has 3 aromatic rings. The van der Waals surface area contributed by atoms with Gasteiger partial charge in [0, 0.05) is 25.9 Å². The summed E-state index contributed by atoms with van der Waals surface area (Å²) in [5.74, 6) is 1.61. The lowest BCUT2D eigenvalue weighted by molar-refractivity contribution is 0.315. The largest absolute Gasteiger partial charge is 0.493 e. The number of imidazole rings is 1. The van der Waals surface area contributed by atoms with E-state index in [1.807, 2.05) is 23.9 Å². The maximum absolute atomic E-state index is 11.4. The minimum Gasteiger partial charge on any atom is -0.493 e. The Morgan fingerprint density at radius 1 is 1.38 bits per heavy atom. The Balaban J connectivity index is 1.47. The van der Waals surface area contributed by atoms with Crippen molar-refractivity contribution in [2.75, 3.05) is 18.5 Å². The van der Waals surface area contributed by atoms with E-state index in [-0.39, 0.29) is 5.56 Å². The van der Waals surface area contributed by atoms with Crippen molar-refractivity contribution in [3.63, 3.8) is 0 Å². The summed E-state index contributed by atoms with van der Waals surface area (Å²) in [7, 11) is 1.93. The summed E-state index contributed by atoms with van der Waals surface area (Å²) < 4.78 is 7.56. The Labute approximate surface area is 120 Å². The van der Waals surface area contributed by atoms with Crippen molar-refractivity contribution >= 4 is 16.7 Å². The maximum Gasteiger partial charge on any atom is 0.271 e. The predicted octanol–water partition coefficient (Wildman–Crippen LogP) is 1.47. The SMILES string of the molecule is Cn1cnc(NCCCOc2ccc3c(=O)[nH][nH]c3c2)c1. The van der Waals surface area contributed by atoms with Crippen LogP contribution in [0.15, 0.2) is 35.5 Å². The molecule has 110 valence electrons. The second kappa shape index (κ2) is 5.74. The molecule has 7 nitrogen and oxygen atoms in total. The van der Waals surface area contributed by atoms with Crippen LogP contribution in [0.5, 0.6) is 5.75 Å². The highest BCUT2D eigenvalue weighted by atomic mass is 16.5. The van der Waals surface area contributed by atoms with Gasteiger partial charge in [-0.15, -0.1) is 0 Å². The average Bonchev–Trinajstić information content (AvgIpc) is 3.05. The monoisotopic (exact) mass is 287 g/mol. The molecule has 0 aliphatic carbocycles. The van der Waals surface area contributed by atoms with Gasteiger partial charge >= 0.3 is 0 Å². The lowest BCUT2D eigenvalue weighted by atomic mass is 10.2. The molecule has 2 heterocycles. The number of ether oxygens (including phenoxy) is 1. The van der Waals surface area contributed by atoms with E-state index in [0.717, 1.165) is 30.0 Å². The van der Waals surface area contributed by atoms with Gasteiger partial charge in [-0.1, -0.05) is 0 Å². The van der Waals surface area contributed by atoms with Crippen LogP contribution in [0.2, 0.25) is 0 Å². The van der Waals surface area contributed by atoms with Gasteiger partial charge in [-0.05, 0) is 18.6 Å². The lowest BCUT2D eigenvalue weighted by Crippen LogP contribution is -2.07. The van der Waals surface area contributed by atoms with Crippen molar-refractivity contribution in [2.45, 2.75) is 6.42 Å². The first kappa shape index (κ1) is 13.3. The van der Waals surface area contributed by atoms with Gasteiger partial charge in [0.2, 0.25) is 0 Å². The summed E-state index contributed by atoms with van der Waals surface area (Å²) in [5, 5.41) is 9.22. The molecule has 0 atom stereocenters. The minimum absolute atomic E-state index is 0.115. The number of rotatable bonds is 6. The zero-order valence-electron chi connectivity index (χ0n) is 11.7. The predicted molar refractivity (Wildman–Crippen MR) is 80.7 cm³/mol. The Kier molecular flexibility index (Phi) is 3.63. The molecule has 0 bridgehead atoms. The Morgan fingerprint density at radius 3 is 3.10 bits per heavy atom. The fourth-order valence-electron chi connectivity index (χ4n) is 2.09. The molecule has 3 N–H and O–H groups in total. The number of anilines is 1. The highest BCUT2D eigenvalue weighted by Gasteiger charge is 2.02. The maximum atomic E-state index is 11.4. The van der Waals surface area contributed by atoms with Crippen LogP contribution in [-0.4, -0.2) is 32.9 Å². The first-order valence-corrected chi connectivity index (χ1v) is 6.77. The number of fused-ring (bicyclic) bond motifs is 1. The van der Waals surface area contributed by atoms with E-state index < -0.39 is 0 Å². The molecule has 0 aliphatic heterocycles. The van der Waals surface area contributed by atoms with Crippen LogP contribution in [0, 0.1) is 0 Å². The average molecular weight is 287 g/mol. The van der Waals surface area contributed by atoms with Gasteiger partial charge in [-0.2, -0.15) is 0 Å². The van der Waals surface area contributed by atoms with Crippen molar-refractivity contribution in [3.05, 3.63) is 41.1 Å². The van der Waals surface area contributed by atoms with E-state index in [0.29, 0.717) is 12.0 Å². The molecule has 1 aromatic carbocycles. The van der Waals surface area contributed by atoms with E-state index in [1.165, 1.54) is 0 Å². The van der Waals surface area contributed by atoms with Crippen LogP contribution in [0.3, 0.4) is 0 Å². The van der Waals surface area contributed by atoms with Gasteiger partial charge in [0.05, 0.1) is 23.8 Å². The molecular weight excluding hydrogens is 270 g/mol. The fourth-order valence-corrected chi connectivity index (χ4v) is 2.09. The molecule has 21 heavy (non-hydrogen) atoms. The molecule has 0 spiro atoms. The smallest absolute Gasteiger partial charge is 0.271 e. The molecule has 0 fully saturated rings. The van der Waals surface area contributed by atoms with Gasteiger partial charge in [0.25, 0.3) is 5.56 Å². The van der Waals surface area contributed by atoms with E-state index in [2.05, 4.69) is 20.5 Å². The van der Waals surface area contributed by atoms with E-state index in [4.69, 9.17) is 4.74 Å². The normalized spacial score (nSPS) is 10.9. The summed E-state index contributed by atoms with van der Waals surface area (Å²) in [6.07, 6.45) is 4.54. The summed E-state index contributed by atoms with van der Waals surface area (Å²) >= 11 is 0. The van der Waals surface area contributed by atoms with Gasteiger partial charge in [-0.3, -0.25) is 15.0 Å². The van der Waals surface area contributed by atoms with Gasteiger partial charge in [0.15, 0.2) is 0 Å². The molecule has 0 amide bonds. The van der Waals surface area contributed by atoms with Crippen LogP contribution >= 0.6 is 0 Å². The summed E-state index contributed by atoms with van der Waals surface area (Å²) in [6, 6.07) is 5.38. The molecule has 2 aromatic heterocycles. The number of benzene rings is 1. The number of H-pyrrole nitrogens is 2. The number of aryl methyl sites for hydroxylation is 1. The first-order chi connectivity index (χ1) is 10.2.